The van der Waals surface area contributed by atoms with E-state index < -0.39 is 0 Å². The lowest BCUT2D eigenvalue weighted by Gasteiger charge is -2.54. The quantitative estimate of drug-likeness (QED) is 0.888. The minimum atomic E-state index is 0.105. The zero-order valence-electron chi connectivity index (χ0n) is 14.5. The van der Waals surface area contributed by atoms with E-state index in [4.69, 9.17) is 9.47 Å². The molecular formula is C18H28N4O2. The number of likely N-dealkylation sites (tertiary alicyclic amines) is 1. The molecule has 1 N–H and O–H groups in total. The van der Waals surface area contributed by atoms with Crippen molar-refractivity contribution >= 4 is 5.95 Å². The lowest BCUT2D eigenvalue weighted by Crippen LogP contribution is -2.67. The predicted molar refractivity (Wildman–Crippen MR) is 92.1 cm³/mol. The van der Waals surface area contributed by atoms with Crippen LogP contribution in [0.25, 0.3) is 0 Å². The maximum Gasteiger partial charge on any atom is 0.222 e. The Labute approximate surface area is 143 Å². The van der Waals surface area contributed by atoms with Crippen LogP contribution in [0.4, 0.5) is 5.95 Å². The van der Waals surface area contributed by atoms with Gasteiger partial charge in [-0.1, -0.05) is 0 Å². The van der Waals surface area contributed by atoms with E-state index in [1.807, 2.05) is 19.3 Å². The molecule has 4 rings (SSSR count). The van der Waals surface area contributed by atoms with Gasteiger partial charge in [-0.15, -0.1) is 0 Å². The largest absolute Gasteiger partial charge is 0.381 e. The summed E-state index contributed by atoms with van der Waals surface area (Å²) in [5, 5.41) is 3.35. The second-order valence-corrected chi connectivity index (χ2v) is 7.45. The number of hydrogen-bond donors (Lipinski definition) is 1. The molecule has 0 saturated carbocycles. The Morgan fingerprint density at radius 1 is 1.17 bits per heavy atom. The molecule has 0 aliphatic carbocycles. The van der Waals surface area contributed by atoms with Crippen molar-refractivity contribution in [3.05, 3.63) is 18.0 Å². The van der Waals surface area contributed by atoms with Crippen LogP contribution < -0.4 is 5.32 Å². The van der Waals surface area contributed by atoms with E-state index in [9.17, 15) is 0 Å². The van der Waals surface area contributed by atoms with Crippen LogP contribution in [0.3, 0.4) is 0 Å². The molecule has 0 unspecified atom stereocenters. The molecule has 24 heavy (non-hydrogen) atoms. The van der Waals surface area contributed by atoms with Crippen molar-refractivity contribution in [1.82, 2.24) is 14.9 Å². The number of nitrogens with zero attached hydrogens (tertiary/aromatic N) is 3. The summed E-state index contributed by atoms with van der Waals surface area (Å²) in [5.41, 5.74) is 1.19. The van der Waals surface area contributed by atoms with E-state index in [0.717, 1.165) is 57.4 Å². The fourth-order valence-corrected chi connectivity index (χ4v) is 4.33. The number of aromatic nitrogens is 2. The molecule has 3 saturated heterocycles. The van der Waals surface area contributed by atoms with E-state index in [2.05, 4.69) is 20.2 Å². The van der Waals surface area contributed by atoms with Crippen molar-refractivity contribution in [2.24, 2.45) is 5.92 Å². The van der Waals surface area contributed by atoms with Gasteiger partial charge in [0, 0.05) is 57.9 Å². The molecule has 1 aromatic rings. The Hall–Kier alpha value is -1.24. The molecule has 3 aliphatic rings. The summed E-state index contributed by atoms with van der Waals surface area (Å²) in [6, 6.07) is 0.702. The number of anilines is 1. The van der Waals surface area contributed by atoms with Gasteiger partial charge in [-0.25, -0.2) is 9.97 Å². The molecule has 132 valence electrons. The van der Waals surface area contributed by atoms with Gasteiger partial charge in [-0.05, 0) is 44.1 Å². The van der Waals surface area contributed by atoms with Crippen LogP contribution in [-0.4, -0.2) is 66.0 Å². The van der Waals surface area contributed by atoms with Crippen LogP contribution in [0.2, 0.25) is 0 Å². The lowest BCUT2D eigenvalue weighted by atomic mass is 9.77. The van der Waals surface area contributed by atoms with E-state index in [-0.39, 0.29) is 5.60 Å². The lowest BCUT2D eigenvalue weighted by molar-refractivity contribution is -0.156. The summed E-state index contributed by atoms with van der Waals surface area (Å²) in [5.74, 6) is 1.37. The second kappa shape index (κ2) is 6.94. The first-order valence-corrected chi connectivity index (χ1v) is 9.23. The SMILES string of the molecule is Cc1cnc(NCC[C@H]2CCOC23CN(C2CCOCC2)C3)nc1. The maximum atomic E-state index is 6.20. The van der Waals surface area contributed by atoms with Crippen LogP contribution in [0.5, 0.6) is 0 Å². The summed E-state index contributed by atoms with van der Waals surface area (Å²) in [6.07, 6.45) is 8.36. The predicted octanol–water partition coefficient (Wildman–Crippen LogP) is 1.86. The van der Waals surface area contributed by atoms with E-state index in [1.165, 1.54) is 19.3 Å². The third-order valence-electron chi connectivity index (χ3n) is 5.81. The molecular weight excluding hydrogens is 304 g/mol. The van der Waals surface area contributed by atoms with Crippen molar-refractivity contribution in [3.8, 4) is 0 Å². The molecule has 0 amide bonds. The van der Waals surface area contributed by atoms with Crippen molar-refractivity contribution in [2.75, 3.05) is 44.8 Å². The van der Waals surface area contributed by atoms with Crippen LogP contribution in [-0.2, 0) is 9.47 Å². The molecule has 1 atom stereocenters. The summed E-state index contributed by atoms with van der Waals surface area (Å²) >= 11 is 0. The Morgan fingerprint density at radius 2 is 1.92 bits per heavy atom. The van der Waals surface area contributed by atoms with Gasteiger partial charge in [0.25, 0.3) is 0 Å². The van der Waals surface area contributed by atoms with E-state index in [1.54, 1.807) is 0 Å². The summed E-state index contributed by atoms with van der Waals surface area (Å²) in [6.45, 7) is 7.86. The maximum absolute atomic E-state index is 6.20. The normalized spacial score (nSPS) is 27.3. The van der Waals surface area contributed by atoms with E-state index in [0.29, 0.717) is 12.0 Å². The Kier molecular flexibility index (Phi) is 4.70. The second-order valence-electron chi connectivity index (χ2n) is 7.45. The zero-order chi connectivity index (χ0) is 16.4. The van der Waals surface area contributed by atoms with Gasteiger partial charge in [-0.2, -0.15) is 0 Å². The van der Waals surface area contributed by atoms with Gasteiger partial charge in [-0.3, -0.25) is 4.90 Å². The average molecular weight is 332 g/mol. The van der Waals surface area contributed by atoms with Gasteiger partial charge in [0.15, 0.2) is 0 Å². The molecule has 3 aliphatic heterocycles. The molecule has 1 spiro atoms. The summed E-state index contributed by atoms with van der Waals surface area (Å²) in [7, 11) is 0. The number of rotatable bonds is 5. The molecule has 6 heteroatoms. The third kappa shape index (κ3) is 3.27. The molecule has 0 bridgehead atoms. The van der Waals surface area contributed by atoms with Crippen LogP contribution >= 0.6 is 0 Å². The summed E-state index contributed by atoms with van der Waals surface area (Å²) < 4.78 is 11.7. The summed E-state index contributed by atoms with van der Waals surface area (Å²) in [4.78, 5) is 11.2. The highest BCUT2D eigenvalue weighted by atomic mass is 16.5. The Morgan fingerprint density at radius 3 is 2.67 bits per heavy atom. The monoisotopic (exact) mass is 332 g/mol. The molecule has 3 fully saturated rings. The van der Waals surface area contributed by atoms with E-state index >= 15 is 0 Å². The number of ether oxygens (including phenoxy) is 2. The van der Waals surface area contributed by atoms with Crippen molar-refractivity contribution in [2.45, 2.75) is 44.2 Å². The topological polar surface area (TPSA) is 59.5 Å². The Bertz CT molecular complexity index is 538. The minimum Gasteiger partial charge on any atom is -0.381 e. The number of hydrogen-bond acceptors (Lipinski definition) is 6. The first-order valence-electron chi connectivity index (χ1n) is 9.23. The third-order valence-corrected chi connectivity index (χ3v) is 5.81. The first kappa shape index (κ1) is 16.2. The minimum absolute atomic E-state index is 0.105. The fourth-order valence-electron chi connectivity index (χ4n) is 4.33. The molecule has 0 aromatic carbocycles. The van der Waals surface area contributed by atoms with Gasteiger partial charge in [0.05, 0.1) is 5.60 Å². The zero-order valence-corrected chi connectivity index (χ0v) is 14.5. The van der Waals surface area contributed by atoms with Crippen LogP contribution in [0.15, 0.2) is 12.4 Å². The van der Waals surface area contributed by atoms with Crippen molar-refractivity contribution < 1.29 is 9.47 Å². The van der Waals surface area contributed by atoms with Crippen molar-refractivity contribution in [3.63, 3.8) is 0 Å². The van der Waals surface area contributed by atoms with Crippen LogP contribution in [0, 0.1) is 12.8 Å². The fraction of sp³-hybridized carbons (Fsp3) is 0.778. The highest BCUT2D eigenvalue weighted by molar-refractivity contribution is 5.24. The smallest absolute Gasteiger partial charge is 0.222 e. The number of nitrogens with one attached hydrogen (secondary N) is 1. The Balaban J connectivity index is 1.26. The average Bonchev–Trinajstić information content (AvgIpc) is 3.00. The van der Waals surface area contributed by atoms with Gasteiger partial charge in [0.1, 0.15) is 0 Å². The first-order chi connectivity index (χ1) is 11.8. The molecule has 4 heterocycles. The number of aryl methyl sites for hydroxylation is 1. The standard InChI is InChI=1S/C18H28N4O2/c1-14-10-20-17(21-11-14)19-6-2-15-3-9-24-18(15)12-22(13-18)16-4-7-23-8-5-16/h10-11,15-16H,2-9,12-13H2,1H3,(H,19,20,21)/t15-/m0/s1. The highest BCUT2D eigenvalue weighted by Gasteiger charge is 2.53. The van der Waals surface area contributed by atoms with Gasteiger partial charge >= 0.3 is 0 Å². The molecule has 0 radical (unpaired) electrons. The van der Waals surface area contributed by atoms with Gasteiger partial charge < -0.3 is 14.8 Å². The van der Waals surface area contributed by atoms with Crippen molar-refractivity contribution in [1.29, 1.82) is 0 Å². The van der Waals surface area contributed by atoms with Gasteiger partial charge in [0.2, 0.25) is 5.95 Å². The molecule has 6 nitrogen and oxygen atoms in total. The van der Waals surface area contributed by atoms with Crippen LogP contribution in [0.1, 0.15) is 31.2 Å². The highest BCUT2D eigenvalue weighted by Crippen LogP contribution is 2.43. The molecule has 1 aromatic heterocycles.